The minimum absolute atomic E-state index is 0.667. The van der Waals surface area contributed by atoms with Gasteiger partial charge in [0.1, 0.15) is 97.7 Å². The molecule has 2 unspecified atom stereocenters. The highest BCUT2D eigenvalue weighted by Crippen LogP contribution is 2.34. The minimum atomic E-state index is -1.96. The number of aliphatic hydroxyl groups excluding tert-OH is 12. The van der Waals surface area contributed by atoms with Gasteiger partial charge in [0.05, 0.1) is 26.4 Å². The van der Waals surface area contributed by atoms with Crippen molar-refractivity contribution in [2.75, 3.05) is 26.4 Å². The van der Waals surface area contributed by atoms with Gasteiger partial charge in [-0.1, -0.05) is 0 Å². The summed E-state index contributed by atoms with van der Waals surface area (Å²) in [4.78, 5) is 0. The maximum atomic E-state index is 11.0. The third kappa shape index (κ3) is 6.50. The van der Waals surface area contributed by atoms with Crippen molar-refractivity contribution in [1.29, 1.82) is 0 Å². The van der Waals surface area contributed by atoms with Crippen molar-refractivity contribution < 1.29 is 99.2 Å². The zero-order valence-electron chi connectivity index (χ0n) is 23.0. The van der Waals surface area contributed by atoms with Crippen LogP contribution in [-0.4, -0.2) is 211 Å². The SMILES string of the molecule is OC[C@@H]1O[C@H]2OCC3O[C@@H](O)[C@H](O)[C@@H](O)[C@H]3O[C@@H]3[C@@H](O)[C@@H](OC[C@@H]4O[C@@H](OC([C@H]1O)[C@@H]2O)[C@H](O)[C@H](O)[C@H]4O)O[C@H](CO)[C@H]3O. The van der Waals surface area contributed by atoms with E-state index in [2.05, 4.69) is 0 Å². The number of aliphatic hydroxyl groups is 12. The molecule has 20 nitrogen and oxygen atoms in total. The number of hydrogen-bond acceptors (Lipinski definition) is 20. The van der Waals surface area contributed by atoms with E-state index in [1.54, 1.807) is 0 Å². The fourth-order valence-corrected chi connectivity index (χ4v) is 5.81. The molecule has 5 aliphatic heterocycles. The van der Waals surface area contributed by atoms with Crippen LogP contribution in [0.5, 0.6) is 0 Å². The van der Waals surface area contributed by atoms with Crippen LogP contribution in [0.2, 0.25) is 0 Å². The zero-order chi connectivity index (χ0) is 32.0. The summed E-state index contributed by atoms with van der Waals surface area (Å²) in [6, 6.07) is 0. The Morgan fingerprint density at radius 1 is 0.386 bits per heavy atom. The van der Waals surface area contributed by atoms with Crippen LogP contribution in [-0.2, 0) is 37.9 Å². The van der Waals surface area contributed by atoms with Crippen LogP contribution >= 0.6 is 0 Å². The first kappa shape index (κ1) is 34.5. The van der Waals surface area contributed by atoms with E-state index in [1.807, 2.05) is 0 Å². The number of rotatable bonds is 2. The van der Waals surface area contributed by atoms with Crippen molar-refractivity contribution in [3.8, 4) is 0 Å². The first-order valence-corrected chi connectivity index (χ1v) is 14.1. The summed E-state index contributed by atoms with van der Waals surface area (Å²) in [7, 11) is 0. The molecule has 12 N–H and O–H groups in total. The van der Waals surface area contributed by atoms with Gasteiger partial charge in [0, 0.05) is 0 Å². The molecule has 5 aliphatic rings. The highest BCUT2D eigenvalue weighted by Gasteiger charge is 2.55. The van der Waals surface area contributed by atoms with Crippen LogP contribution in [0.4, 0.5) is 0 Å². The molecule has 0 aromatic carbocycles. The quantitative estimate of drug-likeness (QED) is 0.132. The topological polar surface area (TPSA) is 317 Å². The second-order valence-corrected chi connectivity index (χ2v) is 11.3. The molecule has 6 bridgehead atoms. The van der Waals surface area contributed by atoms with Gasteiger partial charge < -0.3 is 99.2 Å². The van der Waals surface area contributed by atoms with Gasteiger partial charge in [0.2, 0.25) is 0 Å². The lowest BCUT2D eigenvalue weighted by molar-refractivity contribution is -0.366. The van der Waals surface area contributed by atoms with Crippen LogP contribution in [0.1, 0.15) is 0 Å². The first-order chi connectivity index (χ1) is 20.9. The highest BCUT2D eigenvalue weighted by atomic mass is 16.8. The molecular weight excluding hydrogens is 608 g/mol. The fourth-order valence-electron chi connectivity index (χ4n) is 5.81. The summed E-state index contributed by atoms with van der Waals surface area (Å²) < 4.78 is 44.4. The fraction of sp³-hybridized carbons (Fsp3) is 1.00. The van der Waals surface area contributed by atoms with Crippen molar-refractivity contribution in [1.82, 2.24) is 0 Å². The Balaban J connectivity index is 1.50. The summed E-state index contributed by atoms with van der Waals surface area (Å²) in [5, 5.41) is 126. The largest absolute Gasteiger partial charge is 0.394 e. The molecule has 0 aromatic heterocycles. The molecule has 5 rings (SSSR count). The maximum absolute atomic E-state index is 11.0. The van der Waals surface area contributed by atoms with E-state index >= 15 is 0 Å². The van der Waals surface area contributed by atoms with Gasteiger partial charge in [-0.25, -0.2) is 0 Å². The lowest BCUT2D eigenvalue weighted by atomic mass is 9.95. The zero-order valence-corrected chi connectivity index (χ0v) is 23.0. The van der Waals surface area contributed by atoms with Crippen molar-refractivity contribution in [3.05, 3.63) is 0 Å². The molecule has 20 atom stereocenters. The molecule has 0 spiro atoms. The molecule has 0 amide bonds. The molecular formula is C24H40O20. The van der Waals surface area contributed by atoms with Crippen molar-refractivity contribution in [3.63, 3.8) is 0 Å². The molecule has 44 heavy (non-hydrogen) atoms. The molecule has 5 saturated heterocycles. The first-order valence-electron chi connectivity index (χ1n) is 14.1. The van der Waals surface area contributed by atoms with E-state index in [-0.39, 0.29) is 0 Å². The van der Waals surface area contributed by atoms with E-state index < -0.39 is 149 Å². The van der Waals surface area contributed by atoms with Gasteiger partial charge in [-0.2, -0.15) is 0 Å². The normalized spacial score (nSPS) is 55.9. The average molecular weight is 649 g/mol. The van der Waals surface area contributed by atoms with Crippen LogP contribution in [0, 0.1) is 0 Å². The summed E-state index contributed by atoms with van der Waals surface area (Å²) in [5.74, 6) is 0. The number of hydrogen-bond donors (Lipinski definition) is 12. The Morgan fingerprint density at radius 2 is 0.909 bits per heavy atom. The smallest absolute Gasteiger partial charge is 0.187 e. The maximum Gasteiger partial charge on any atom is 0.187 e. The van der Waals surface area contributed by atoms with Gasteiger partial charge in [-0.3, -0.25) is 0 Å². The van der Waals surface area contributed by atoms with Gasteiger partial charge in [0.15, 0.2) is 25.2 Å². The van der Waals surface area contributed by atoms with E-state index in [4.69, 9.17) is 37.9 Å². The van der Waals surface area contributed by atoms with Gasteiger partial charge in [-0.05, 0) is 0 Å². The third-order valence-corrected chi connectivity index (χ3v) is 8.43. The molecule has 0 radical (unpaired) electrons. The van der Waals surface area contributed by atoms with Crippen LogP contribution < -0.4 is 0 Å². The van der Waals surface area contributed by atoms with Crippen molar-refractivity contribution in [2.45, 2.75) is 123 Å². The Morgan fingerprint density at radius 3 is 1.45 bits per heavy atom. The Labute approximate surface area is 249 Å². The highest BCUT2D eigenvalue weighted by molar-refractivity contribution is 4.98. The summed E-state index contributed by atoms with van der Waals surface area (Å²) in [6.07, 6.45) is -34.8. The third-order valence-electron chi connectivity index (χ3n) is 8.43. The van der Waals surface area contributed by atoms with Gasteiger partial charge >= 0.3 is 0 Å². The van der Waals surface area contributed by atoms with E-state index in [0.29, 0.717) is 0 Å². The Hall–Kier alpha value is -0.800. The lowest BCUT2D eigenvalue weighted by Crippen LogP contribution is -2.66. The monoisotopic (exact) mass is 648 g/mol. The van der Waals surface area contributed by atoms with Crippen LogP contribution in [0.15, 0.2) is 0 Å². The molecule has 20 heteroatoms. The predicted octanol–water partition coefficient (Wildman–Crippen LogP) is -8.70. The van der Waals surface area contributed by atoms with Crippen LogP contribution in [0.3, 0.4) is 0 Å². The Kier molecular flexibility index (Phi) is 11.1. The van der Waals surface area contributed by atoms with Crippen molar-refractivity contribution >= 4 is 0 Å². The van der Waals surface area contributed by atoms with E-state index in [0.717, 1.165) is 0 Å². The molecule has 0 aromatic rings. The van der Waals surface area contributed by atoms with Gasteiger partial charge in [-0.15, -0.1) is 0 Å². The summed E-state index contributed by atoms with van der Waals surface area (Å²) in [6.45, 7) is -2.95. The van der Waals surface area contributed by atoms with E-state index in [9.17, 15) is 61.3 Å². The summed E-state index contributed by atoms with van der Waals surface area (Å²) in [5.41, 5.74) is 0. The molecule has 0 aliphatic carbocycles. The van der Waals surface area contributed by atoms with Gasteiger partial charge in [0.25, 0.3) is 0 Å². The molecule has 5 heterocycles. The second kappa shape index (κ2) is 14.1. The van der Waals surface area contributed by atoms with Crippen molar-refractivity contribution in [2.24, 2.45) is 0 Å². The predicted molar refractivity (Wildman–Crippen MR) is 131 cm³/mol. The standard InChI is InChI=1S/C24H40O20/c25-1-5-10(28)19-16(34)22(40-5)37-3-7-9(27)12(30)15(33)24(42-7)44-20-11(29)6(2-26)41-23(17(20)35)38-4-8-18(43-19)13(31)14(32)21(36)39-8/h5-36H,1-4H2/t5-,6+,7+,8?,9+,10-,11+,12-,13-,14-,15-,16-,17+,18+,19+,20?,21-,22+,23-,24+/m1/s1. The number of ether oxygens (including phenoxy) is 8. The van der Waals surface area contributed by atoms with Crippen LogP contribution in [0.25, 0.3) is 0 Å². The van der Waals surface area contributed by atoms with E-state index in [1.165, 1.54) is 0 Å². The number of fused-ring (bicyclic) bond motifs is 7. The Bertz CT molecular complexity index is 932. The minimum Gasteiger partial charge on any atom is -0.394 e. The average Bonchev–Trinajstić information content (AvgIpc) is 3.00. The molecule has 256 valence electrons. The second-order valence-electron chi connectivity index (χ2n) is 11.3. The summed E-state index contributed by atoms with van der Waals surface area (Å²) >= 11 is 0. The lowest BCUT2D eigenvalue weighted by Gasteiger charge is -2.47. The molecule has 5 fully saturated rings. The molecule has 0 saturated carbocycles.